The zero-order valence-electron chi connectivity index (χ0n) is 10.2. The predicted molar refractivity (Wildman–Crippen MR) is 81.0 cm³/mol. The van der Waals surface area contributed by atoms with E-state index in [2.05, 4.69) is 31.2 Å². The zero-order chi connectivity index (χ0) is 14.1. The molecule has 20 heavy (non-hydrogen) atoms. The van der Waals surface area contributed by atoms with E-state index in [1.54, 1.807) is 30.3 Å². The highest BCUT2D eigenvalue weighted by atomic mass is 79.9. The van der Waals surface area contributed by atoms with Crippen LogP contribution in [0, 0.1) is 0 Å². The molecular formula is C14H10BrN3O2. The minimum absolute atomic E-state index is 0.274. The highest BCUT2D eigenvalue weighted by Gasteiger charge is 2.12. The summed E-state index contributed by atoms with van der Waals surface area (Å²) in [6, 6.07) is 12.4. The second-order valence-electron chi connectivity index (χ2n) is 4.27. The summed E-state index contributed by atoms with van der Waals surface area (Å²) in [6.45, 7) is 0. The molecule has 0 aliphatic rings. The van der Waals surface area contributed by atoms with E-state index in [1.807, 2.05) is 12.1 Å². The number of H-pyrrole nitrogens is 2. The van der Waals surface area contributed by atoms with Crippen molar-refractivity contribution >= 4 is 38.6 Å². The zero-order valence-corrected chi connectivity index (χ0v) is 11.8. The molecule has 1 heterocycles. The molecule has 1 aromatic heterocycles. The van der Waals surface area contributed by atoms with Crippen LogP contribution in [0.2, 0.25) is 0 Å². The molecule has 0 bridgehead atoms. The Bertz CT molecular complexity index is 851. The van der Waals surface area contributed by atoms with Crippen molar-refractivity contribution in [1.82, 2.24) is 9.97 Å². The summed E-state index contributed by atoms with van der Waals surface area (Å²) in [5, 5.41) is 2.80. The summed E-state index contributed by atoms with van der Waals surface area (Å²) in [6.07, 6.45) is 0. The van der Waals surface area contributed by atoms with Crippen LogP contribution in [0.15, 0.2) is 51.7 Å². The SMILES string of the molecule is O=C(Nc1cccc(Br)c1)c1cccc2[nH]c(=O)[nH]c12. The molecule has 3 rings (SSSR count). The van der Waals surface area contributed by atoms with Crippen molar-refractivity contribution in [3.63, 3.8) is 0 Å². The van der Waals surface area contributed by atoms with Crippen molar-refractivity contribution in [3.8, 4) is 0 Å². The molecule has 100 valence electrons. The minimum Gasteiger partial charge on any atom is -0.322 e. The number of halogens is 1. The average Bonchev–Trinajstić information content (AvgIpc) is 2.78. The third-order valence-corrected chi connectivity index (χ3v) is 3.37. The van der Waals surface area contributed by atoms with Gasteiger partial charge in [0.15, 0.2) is 0 Å². The number of carbonyl (C=O) groups is 1. The van der Waals surface area contributed by atoms with Gasteiger partial charge in [0, 0.05) is 10.2 Å². The lowest BCUT2D eigenvalue weighted by Crippen LogP contribution is -2.12. The number of para-hydroxylation sites is 1. The molecule has 0 unspecified atom stereocenters. The van der Waals surface area contributed by atoms with Crippen molar-refractivity contribution in [1.29, 1.82) is 0 Å². The fourth-order valence-corrected chi connectivity index (χ4v) is 2.41. The van der Waals surface area contributed by atoms with Gasteiger partial charge in [0.05, 0.1) is 16.6 Å². The van der Waals surface area contributed by atoms with E-state index in [0.717, 1.165) is 4.47 Å². The molecule has 3 N–H and O–H groups in total. The number of carbonyl (C=O) groups excluding carboxylic acids is 1. The molecule has 0 saturated heterocycles. The number of anilines is 1. The maximum Gasteiger partial charge on any atom is 0.323 e. The molecule has 1 amide bonds. The largest absolute Gasteiger partial charge is 0.323 e. The third-order valence-electron chi connectivity index (χ3n) is 2.88. The topological polar surface area (TPSA) is 77.8 Å². The van der Waals surface area contributed by atoms with Gasteiger partial charge in [-0.15, -0.1) is 0 Å². The molecule has 0 radical (unpaired) electrons. The summed E-state index contributed by atoms with van der Waals surface area (Å²) in [7, 11) is 0. The smallest absolute Gasteiger partial charge is 0.322 e. The molecule has 0 aliphatic heterocycles. The molecule has 6 heteroatoms. The Morgan fingerprint density at radius 2 is 1.90 bits per heavy atom. The number of imidazole rings is 1. The van der Waals surface area contributed by atoms with Crippen molar-refractivity contribution < 1.29 is 4.79 Å². The Labute approximate surface area is 122 Å². The fourth-order valence-electron chi connectivity index (χ4n) is 2.01. The van der Waals surface area contributed by atoms with Crippen LogP contribution in [-0.2, 0) is 0 Å². The normalized spacial score (nSPS) is 10.7. The number of nitrogens with one attached hydrogen (secondary N) is 3. The number of fused-ring (bicyclic) bond motifs is 1. The lowest BCUT2D eigenvalue weighted by Gasteiger charge is -2.06. The van der Waals surface area contributed by atoms with E-state index in [-0.39, 0.29) is 11.6 Å². The highest BCUT2D eigenvalue weighted by Crippen LogP contribution is 2.18. The highest BCUT2D eigenvalue weighted by molar-refractivity contribution is 9.10. The lowest BCUT2D eigenvalue weighted by atomic mass is 10.1. The van der Waals surface area contributed by atoms with Gasteiger partial charge in [-0.3, -0.25) is 4.79 Å². The van der Waals surface area contributed by atoms with E-state index in [1.165, 1.54) is 0 Å². The van der Waals surface area contributed by atoms with Gasteiger partial charge >= 0.3 is 5.69 Å². The Hall–Kier alpha value is -2.34. The summed E-state index contributed by atoms with van der Waals surface area (Å²) in [5.41, 5.74) is 1.88. The summed E-state index contributed by atoms with van der Waals surface area (Å²) < 4.78 is 0.878. The van der Waals surface area contributed by atoms with Crippen LogP contribution in [0.4, 0.5) is 5.69 Å². The first-order valence-corrected chi connectivity index (χ1v) is 6.71. The van der Waals surface area contributed by atoms with Gasteiger partial charge in [0.1, 0.15) is 0 Å². The van der Waals surface area contributed by atoms with E-state index < -0.39 is 0 Å². The summed E-state index contributed by atoms with van der Waals surface area (Å²) >= 11 is 3.35. The van der Waals surface area contributed by atoms with E-state index in [0.29, 0.717) is 22.3 Å². The lowest BCUT2D eigenvalue weighted by molar-refractivity contribution is 0.102. The van der Waals surface area contributed by atoms with Crippen molar-refractivity contribution in [3.05, 3.63) is 63.0 Å². The van der Waals surface area contributed by atoms with Crippen LogP contribution in [0.1, 0.15) is 10.4 Å². The van der Waals surface area contributed by atoms with Crippen LogP contribution in [-0.4, -0.2) is 15.9 Å². The van der Waals surface area contributed by atoms with E-state index >= 15 is 0 Å². The van der Waals surface area contributed by atoms with Gasteiger partial charge in [0.25, 0.3) is 5.91 Å². The molecule has 0 aliphatic carbocycles. The molecule has 0 fully saturated rings. The van der Waals surface area contributed by atoms with Gasteiger partial charge in [-0.05, 0) is 30.3 Å². The number of aromatic nitrogens is 2. The number of amides is 1. The van der Waals surface area contributed by atoms with Gasteiger partial charge in [-0.25, -0.2) is 4.79 Å². The number of hydrogen-bond donors (Lipinski definition) is 3. The van der Waals surface area contributed by atoms with E-state index in [4.69, 9.17) is 0 Å². The second kappa shape index (κ2) is 4.97. The summed E-state index contributed by atoms with van der Waals surface area (Å²) in [4.78, 5) is 28.9. The second-order valence-corrected chi connectivity index (χ2v) is 5.19. The maximum atomic E-state index is 12.3. The van der Waals surface area contributed by atoms with Crippen LogP contribution in [0.3, 0.4) is 0 Å². The maximum absolute atomic E-state index is 12.3. The molecule has 0 atom stereocenters. The fraction of sp³-hybridized carbons (Fsp3) is 0. The standard InChI is InChI=1S/C14H10BrN3O2/c15-8-3-1-4-9(7-8)16-13(19)10-5-2-6-11-12(10)18-14(20)17-11/h1-7H,(H,16,19)(H2,17,18,20). The monoisotopic (exact) mass is 331 g/mol. The number of rotatable bonds is 2. The number of hydrogen-bond acceptors (Lipinski definition) is 2. The van der Waals surface area contributed by atoms with Gasteiger partial charge < -0.3 is 15.3 Å². The van der Waals surface area contributed by atoms with Crippen molar-refractivity contribution in [2.75, 3.05) is 5.32 Å². The minimum atomic E-state index is -0.331. The Balaban J connectivity index is 1.98. The van der Waals surface area contributed by atoms with Crippen LogP contribution >= 0.6 is 15.9 Å². The number of benzene rings is 2. The molecular weight excluding hydrogens is 322 g/mol. The van der Waals surface area contributed by atoms with Gasteiger partial charge in [0.2, 0.25) is 0 Å². The Morgan fingerprint density at radius 3 is 2.70 bits per heavy atom. The molecule has 0 spiro atoms. The number of aromatic amines is 2. The third kappa shape index (κ3) is 2.37. The quantitative estimate of drug-likeness (QED) is 0.675. The van der Waals surface area contributed by atoms with Crippen LogP contribution in [0.5, 0.6) is 0 Å². The van der Waals surface area contributed by atoms with Gasteiger partial charge in [-0.1, -0.05) is 28.1 Å². The van der Waals surface area contributed by atoms with Gasteiger partial charge in [-0.2, -0.15) is 0 Å². The van der Waals surface area contributed by atoms with Crippen molar-refractivity contribution in [2.45, 2.75) is 0 Å². The molecule has 2 aromatic carbocycles. The van der Waals surface area contributed by atoms with Crippen LogP contribution in [0.25, 0.3) is 11.0 Å². The van der Waals surface area contributed by atoms with Crippen LogP contribution < -0.4 is 11.0 Å². The van der Waals surface area contributed by atoms with Crippen molar-refractivity contribution in [2.24, 2.45) is 0 Å². The Morgan fingerprint density at radius 1 is 1.10 bits per heavy atom. The summed E-state index contributed by atoms with van der Waals surface area (Å²) in [5.74, 6) is -0.274. The molecule has 5 nitrogen and oxygen atoms in total. The molecule has 3 aromatic rings. The first-order valence-electron chi connectivity index (χ1n) is 5.91. The first kappa shape index (κ1) is 12.7. The van der Waals surface area contributed by atoms with E-state index in [9.17, 15) is 9.59 Å². The first-order chi connectivity index (χ1) is 9.63. The molecule has 0 saturated carbocycles. The predicted octanol–water partition coefficient (Wildman–Crippen LogP) is 2.87. The average molecular weight is 332 g/mol. The Kier molecular flexibility index (Phi) is 3.15.